The smallest absolute Gasteiger partial charge is 0.544 e. The molecule has 0 aliphatic rings. The van der Waals surface area contributed by atoms with Crippen LogP contribution in [0, 0.1) is 0 Å². The van der Waals surface area contributed by atoms with E-state index in [-0.39, 0.29) is 17.1 Å². The fourth-order valence-corrected chi connectivity index (χ4v) is 0.454. The molecule has 0 aromatic carbocycles. The molecule has 0 rings (SSSR count). The summed E-state index contributed by atoms with van der Waals surface area (Å²) in [5, 5.41) is 18.9. The minimum absolute atomic E-state index is 0. The van der Waals surface area contributed by atoms with Crippen LogP contribution in [0.4, 0.5) is 26.3 Å². The number of aliphatic carboxylic acids is 2. The van der Waals surface area contributed by atoms with Crippen LogP contribution in [0.25, 0.3) is 0 Å². The number of carboxylic acids is 2. The Labute approximate surface area is 93.7 Å². The van der Waals surface area contributed by atoms with E-state index >= 15 is 0 Å². The van der Waals surface area contributed by atoms with Crippen LogP contribution in [0.3, 0.4) is 0 Å². The van der Waals surface area contributed by atoms with Crippen LogP contribution < -0.4 is 10.2 Å². The molecule has 97 valence electrons. The first-order valence-corrected chi connectivity index (χ1v) is 2.95. The Kier molecular flexibility index (Phi) is 4.90. The molecule has 16 heavy (non-hydrogen) atoms. The summed E-state index contributed by atoms with van der Waals surface area (Å²) < 4.78 is 72.3. The van der Waals surface area contributed by atoms with Crippen molar-refractivity contribution in [1.82, 2.24) is 0 Å². The third-order valence-corrected chi connectivity index (χ3v) is 1.30. The normalized spacial score (nSPS) is 12.9. The second-order valence-electron chi connectivity index (χ2n) is 2.30. The second-order valence-corrected chi connectivity index (χ2v) is 2.30. The van der Waals surface area contributed by atoms with Crippen LogP contribution in [-0.4, -0.2) is 29.7 Å². The number of hydrogen-bond donors (Lipinski definition) is 0. The van der Waals surface area contributed by atoms with E-state index in [2.05, 4.69) is 0 Å². The molecule has 11 heteroatoms. The van der Waals surface area contributed by atoms with E-state index in [1.54, 1.807) is 0 Å². The van der Waals surface area contributed by atoms with Gasteiger partial charge in [-0.05, 0) is 0 Å². The van der Waals surface area contributed by atoms with Crippen molar-refractivity contribution in [3.8, 4) is 0 Å². The molecule has 0 saturated heterocycles. The zero-order chi connectivity index (χ0) is 12.7. The largest absolute Gasteiger partial charge is 2.00 e. The Hall–Kier alpha value is -0.961. The SMILES string of the molecule is O=C([O-])C(F)(F)C(F)(F)C(F)(F)C(=O)[O-].[Cu+2]. The van der Waals surface area contributed by atoms with Crippen LogP contribution in [0.1, 0.15) is 0 Å². The first-order valence-electron chi connectivity index (χ1n) is 2.95. The average Bonchev–Trinajstić information content (AvgIpc) is 2.02. The maximum absolute atomic E-state index is 12.1. The van der Waals surface area contributed by atoms with Crippen molar-refractivity contribution in [2.45, 2.75) is 17.8 Å². The van der Waals surface area contributed by atoms with Crippen molar-refractivity contribution in [3.05, 3.63) is 0 Å². The Bertz CT molecular complexity index is 275. The zero-order valence-corrected chi connectivity index (χ0v) is 7.64. The van der Waals surface area contributed by atoms with Gasteiger partial charge in [-0.25, -0.2) is 0 Å². The number of carbonyl (C=O) groups excluding carboxylic acids is 2. The second kappa shape index (κ2) is 4.50. The maximum Gasteiger partial charge on any atom is 2.00 e. The third kappa shape index (κ3) is 2.24. The van der Waals surface area contributed by atoms with Gasteiger partial charge >= 0.3 is 34.8 Å². The Morgan fingerprint density at radius 1 is 0.750 bits per heavy atom. The van der Waals surface area contributed by atoms with E-state index in [0.29, 0.717) is 0 Å². The number of carboxylic acid groups (broad SMARTS) is 2. The van der Waals surface area contributed by atoms with E-state index in [9.17, 15) is 46.1 Å². The van der Waals surface area contributed by atoms with E-state index in [1.807, 2.05) is 0 Å². The molecule has 4 nitrogen and oxygen atoms in total. The summed E-state index contributed by atoms with van der Waals surface area (Å²) in [6.45, 7) is 0. The van der Waals surface area contributed by atoms with Gasteiger partial charge in [-0.15, -0.1) is 0 Å². The molecule has 1 radical (unpaired) electrons. The molecule has 0 heterocycles. The first kappa shape index (κ1) is 17.4. The third-order valence-electron chi connectivity index (χ3n) is 1.30. The molecule has 0 saturated carbocycles. The minimum Gasteiger partial charge on any atom is -0.544 e. The van der Waals surface area contributed by atoms with Crippen molar-refractivity contribution in [2.24, 2.45) is 0 Å². The molecule has 0 fully saturated rings. The fraction of sp³-hybridized carbons (Fsp3) is 0.600. The number of carbonyl (C=O) groups is 2. The summed E-state index contributed by atoms with van der Waals surface area (Å²) in [5.41, 5.74) is 0. The number of rotatable bonds is 4. The van der Waals surface area contributed by atoms with Crippen molar-refractivity contribution >= 4 is 11.9 Å². The molecule has 0 aliphatic heterocycles. The molecule has 0 N–H and O–H groups in total. The zero-order valence-electron chi connectivity index (χ0n) is 6.70. The molecule has 0 spiro atoms. The number of hydrogen-bond acceptors (Lipinski definition) is 4. The van der Waals surface area contributed by atoms with Gasteiger partial charge in [0.1, 0.15) is 11.9 Å². The van der Waals surface area contributed by atoms with Crippen molar-refractivity contribution < 1.29 is 63.2 Å². The molecular formula is C5CuF6O4. The number of alkyl halides is 6. The molecule has 0 aromatic heterocycles. The summed E-state index contributed by atoms with van der Waals surface area (Å²) in [6, 6.07) is 0. The van der Waals surface area contributed by atoms with Gasteiger partial charge in [-0.3, -0.25) is 0 Å². The topological polar surface area (TPSA) is 80.3 Å². The van der Waals surface area contributed by atoms with Gasteiger partial charge < -0.3 is 19.8 Å². The van der Waals surface area contributed by atoms with Gasteiger partial charge in [-0.1, -0.05) is 0 Å². The van der Waals surface area contributed by atoms with E-state index < -0.39 is 29.7 Å². The van der Waals surface area contributed by atoms with E-state index in [4.69, 9.17) is 0 Å². The van der Waals surface area contributed by atoms with Gasteiger partial charge in [0, 0.05) is 0 Å². The molecular weight excluding hydrogens is 302 g/mol. The average molecular weight is 302 g/mol. The first-order chi connectivity index (χ1) is 6.39. The van der Waals surface area contributed by atoms with Crippen LogP contribution in [0.2, 0.25) is 0 Å². The van der Waals surface area contributed by atoms with Gasteiger partial charge in [0.15, 0.2) is 0 Å². The molecule has 0 aliphatic carbocycles. The van der Waals surface area contributed by atoms with Crippen molar-refractivity contribution in [2.75, 3.05) is 0 Å². The van der Waals surface area contributed by atoms with Crippen LogP contribution in [0.5, 0.6) is 0 Å². The summed E-state index contributed by atoms with van der Waals surface area (Å²) in [6.07, 6.45) is 0. The molecule has 0 amide bonds. The molecule has 0 aromatic rings. The predicted molar refractivity (Wildman–Crippen MR) is 24.9 cm³/mol. The van der Waals surface area contributed by atoms with E-state index in [1.165, 1.54) is 0 Å². The molecule has 0 atom stereocenters. The van der Waals surface area contributed by atoms with Crippen LogP contribution in [-0.2, 0) is 26.7 Å². The van der Waals surface area contributed by atoms with Crippen LogP contribution in [0.15, 0.2) is 0 Å². The molecule has 0 bridgehead atoms. The Balaban J connectivity index is 0. The predicted octanol–water partition coefficient (Wildman–Crippen LogP) is -1.61. The quantitative estimate of drug-likeness (QED) is 0.462. The van der Waals surface area contributed by atoms with Gasteiger partial charge in [0.25, 0.3) is 0 Å². The standard InChI is InChI=1S/C5H2F6O4.Cu/c6-3(7,1(12)13)5(10,11)4(8,9)2(14)15;/h(H,12,13)(H,14,15);/q;+2/p-2. The maximum atomic E-state index is 12.1. The Morgan fingerprint density at radius 3 is 1.06 bits per heavy atom. The minimum atomic E-state index is -6.66. The number of halogens is 6. The Morgan fingerprint density at radius 2 is 0.938 bits per heavy atom. The van der Waals surface area contributed by atoms with Gasteiger partial charge in [0.05, 0.1) is 0 Å². The summed E-state index contributed by atoms with van der Waals surface area (Å²) in [4.78, 5) is 18.9. The van der Waals surface area contributed by atoms with Crippen LogP contribution >= 0.6 is 0 Å². The van der Waals surface area contributed by atoms with Crippen molar-refractivity contribution in [3.63, 3.8) is 0 Å². The summed E-state index contributed by atoms with van der Waals surface area (Å²) in [5.74, 6) is -27.0. The van der Waals surface area contributed by atoms with Gasteiger partial charge in [0.2, 0.25) is 0 Å². The molecule has 0 unspecified atom stereocenters. The fourth-order valence-electron chi connectivity index (χ4n) is 0.454. The summed E-state index contributed by atoms with van der Waals surface area (Å²) in [7, 11) is 0. The summed E-state index contributed by atoms with van der Waals surface area (Å²) >= 11 is 0. The van der Waals surface area contributed by atoms with E-state index in [0.717, 1.165) is 0 Å². The van der Waals surface area contributed by atoms with Gasteiger partial charge in [-0.2, -0.15) is 26.3 Å². The van der Waals surface area contributed by atoms with Crippen molar-refractivity contribution in [1.29, 1.82) is 0 Å². The monoisotopic (exact) mass is 301 g/mol.